The Labute approximate surface area is 133 Å². The van der Waals surface area contributed by atoms with E-state index in [1.165, 1.54) is 0 Å². The summed E-state index contributed by atoms with van der Waals surface area (Å²) >= 11 is 3.29. The van der Waals surface area contributed by atoms with Crippen LogP contribution in [0.15, 0.2) is 22.7 Å². The van der Waals surface area contributed by atoms with Gasteiger partial charge < -0.3 is 14.8 Å². The van der Waals surface area contributed by atoms with Gasteiger partial charge in [0.2, 0.25) is 0 Å². The van der Waals surface area contributed by atoms with Gasteiger partial charge in [0.25, 0.3) is 5.91 Å². The fourth-order valence-electron chi connectivity index (χ4n) is 1.83. The number of hydrogen-bond acceptors (Lipinski definition) is 4. The zero-order valence-corrected chi connectivity index (χ0v) is 14.0. The van der Waals surface area contributed by atoms with E-state index in [2.05, 4.69) is 21.2 Å². The Hall–Kier alpha value is -1.56. The number of esters is 1. The number of carbonyl (C=O) groups excluding carboxylic acids is 2. The van der Waals surface area contributed by atoms with Crippen molar-refractivity contribution in [3.05, 3.63) is 28.2 Å². The van der Waals surface area contributed by atoms with Crippen molar-refractivity contribution in [2.45, 2.75) is 32.7 Å². The van der Waals surface area contributed by atoms with Crippen LogP contribution in [0.1, 0.15) is 37.0 Å². The molecule has 1 atom stereocenters. The second kappa shape index (κ2) is 8.67. The summed E-state index contributed by atoms with van der Waals surface area (Å²) < 4.78 is 10.7. The molecule has 0 aliphatic heterocycles. The smallest absolute Gasteiger partial charge is 0.338 e. The van der Waals surface area contributed by atoms with Crippen LogP contribution in [-0.2, 0) is 9.53 Å². The molecular formula is C15H20BrNO4. The molecule has 0 radical (unpaired) electrons. The van der Waals surface area contributed by atoms with Crippen molar-refractivity contribution in [3.63, 3.8) is 0 Å². The third kappa shape index (κ3) is 5.75. The number of nitrogens with one attached hydrogen (secondary N) is 1. The molecule has 21 heavy (non-hydrogen) atoms. The summed E-state index contributed by atoms with van der Waals surface area (Å²) in [5, 5.41) is 2.77. The number of rotatable bonds is 7. The topological polar surface area (TPSA) is 64.6 Å². The summed E-state index contributed by atoms with van der Waals surface area (Å²) in [5.41, 5.74) is 0.358. The SMILES string of the molecule is CCCC(C)NC(=O)COC(=O)c1ccc(OC)c(Br)c1. The minimum Gasteiger partial charge on any atom is -0.496 e. The molecule has 0 bridgehead atoms. The molecule has 116 valence electrons. The fourth-order valence-corrected chi connectivity index (χ4v) is 2.37. The average Bonchev–Trinajstić information content (AvgIpc) is 2.44. The standard InChI is InChI=1S/C15H20BrNO4/c1-4-5-10(2)17-14(18)9-21-15(19)11-6-7-13(20-3)12(16)8-11/h6-8,10H,4-5,9H2,1-3H3,(H,17,18). The largest absolute Gasteiger partial charge is 0.496 e. The molecule has 0 fully saturated rings. The highest BCUT2D eigenvalue weighted by Gasteiger charge is 2.13. The summed E-state index contributed by atoms with van der Waals surface area (Å²) in [6.45, 7) is 3.69. The predicted molar refractivity (Wildman–Crippen MR) is 83.5 cm³/mol. The Balaban J connectivity index is 2.50. The van der Waals surface area contributed by atoms with Gasteiger partial charge in [-0.05, 0) is 47.5 Å². The minimum atomic E-state index is -0.545. The number of benzene rings is 1. The number of amides is 1. The second-order valence-electron chi connectivity index (χ2n) is 4.68. The van der Waals surface area contributed by atoms with Crippen molar-refractivity contribution < 1.29 is 19.1 Å². The van der Waals surface area contributed by atoms with Crippen LogP contribution in [0.4, 0.5) is 0 Å². The minimum absolute atomic E-state index is 0.0799. The normalized spacial score (nSPS) is 11.6. The van der Waals surface area contributed by atoms with Crippen LogP contribution in [0, 0.1) is 0 Å². The third-order valence-corrected chi connectivity index (χ3v) is 3.47. The van der Waals surface area contributed by atoms with E-state index >= 15 is 0 Å². The van der Waals surface area contributed by atoms with E-state index in [0.29, 0.717) is 15.8 Å². The first-order valence-electron chi connectivity index (χ1n) is 6.78. The molecule has 0 saturated carbocycles. The first-order valence-corrected chi connectivity index (χ1v) is 7.57. The fraction of sp³-hybridized carbons (Fsp3) is 0.467. The molecule has 1 rings (SSSR count). The van der Waals surface area contributed by atoms with Crippen LogP contribution < -0.4 is 10.1 Å². The van der Waals surface area contributed by atoms with Gasteiger partial charge in [-0.15, -0.1) is 0 Å². The molecule has 0 saturated heterocycles. The molecule has 0 aliphatic rings. The van der Waals surface area contributed by atoms with Crippen LogP contribution >= 0.6 is 15.9 Å². The molecule has 1 aromatic carbocycles. The third-order valence-electron chi connectivity index (χ3n) is 2.85. The number of methoxy groups -OCH3 is 1. The average molecular weight is 358 g/mol. The number of halogens is 1. The highest BCUT2D eigenvalue weighted by atomic mass is 79.9. The molecule has 1 N–H and O–H groups in total. The van der Waals surface area contributed by atoms with Gasteiger partial charge in [-0.2, -0.15) is 0 Å². The summed E-state index contributed by atoms with van der Waals surface area (Å²) in [6, 6.07) is 4.92. The van der Waals surface area contributed by atoms with Gasteiger partial charge in [-0.1, -0.05) is 13.3 Å². The number of hydrogen-bond donors (Lipinski definition) is 1. The summed E-state index contributed by atoms with van der Waals surface area (Å²) in [7, 11) is 1.54. The van der Waals surface area contributed by atoms with Crippen LogP contribution in [0.5, 0.6) is 5.75 Å². The first-order chi connectivity index (χ1) is 9.97. The van der Waals surface area contributed by atoms with E-state index in [9.17, 15) is 9.59 Å². The van der Waals surface area contributed by atoms with E-state index < -0.39 is 5.97 Å². The van der Waals surface area contributed by atoms with Crippen molar-refractivity contribution in [3.8, 4) is 5.75 Å². The van der Waals surface area contributed by atoms with Crippen LogP contribution in [0.3, 0.4) is 0 Å². The molecule has 0 aliphatic carbocycles. The molecule has 1 unspecified atom stereocenters. The molecule has 0 heterocycles. The van der Waals surface area contributed by atoms with Crippen LogP contribution in [0.25, 0.3) is 0 Å². The maximum absolute atomic E-state index is 11.8. The lowest BCUT2D eigenvalue weighted by Crippen LogP contribution is -2.35. The molecule has 0 aromatic heterocycles. The molecule has 1 amide bonds. The second-order valence-corrected chi connectivity index (χ2v) is 5.54. The van der Waals surface area contributed by atoms with Gasteiger partial charge in [-0.3, -0.25) is 4.79 Å². The quantitative estimate of drug-likeness (QED) is 0.762. The zero-order valence-electron chi connectivity index (χ0n) is 12.4. The van der Waals surface area contributed by atoms with Gasteiger partial charge in [0.1, 0.15) is 5.75 Å². The summed E-state index contributed by atoms with van der Waals surface area (Å²) in [4.78, 5) is 23.5. The van der Waals surface area contributed by atoms with Crippen LogP contribution in [-0.4, -0.2) is 31.6 Å². The van der Waals surface area contributed by atoms with Crippen molar-refractivity contribution in [2.75, 3.05) is 13.7 Å². The lowest BCUT2D eigenvalue weighted by atomic mass is 10.2. The van der Waals surface area contributed by atoms with Gasteiger partial charge in [0, 0.05) is 6.04 Å². The molecule has 1 aromatic rings. The molecule has 6 heteroatoms. The molecule has 5 nitrogen and oxygen atoms in total. The van der Waals surface area contributed by atoms with Crippen molar-refractivity contribution in [1.29, 1.82) is 0 Å². The number of ether oxygens (including phenoxy) is 2. The Morgan fingerprint density at radius 3 is 2.67 bits per heavy atom. The van der Waals surface area contributed by atoms with Gasteiger partial charge in [0.05, 0.1) is 17.1 Å². The first kappa shape index (κ1) is 17.5. The monoisotopic (exact) mass is 357 g/mol. The number of carbonyl (C=O) groups is 2. The highest BCUT2D eigenvalue weighted by Crippen LogP contribution is 2.25. The Morgan fingerprint density at radius 2 is 2.10 bits per heavy atom. The molecule has 0 spiro atoms. The van der Waals surface area contributed by atoms with Crippen molar-refractivity contribution in [2.24, 2.45) is 0 Å². The van der Waals surface area contributed by atoms with Crippen molar-refractivity contribution >= 4 is 27.8 Å². The maximum Gasteiger partial charge on any atom is 0.338 e. The van der Waals surface area contributed by atoms with E-state index in [-0.39, 0.29) is 18.6 Å². The van der Waals surface area contributed by atoms with Crippen molar-refractivity contribution in [1.82, 2.24) is 5.32 Å². The van der Waals surface area contributed by atoms with E-state index in [0.717, 1.165) is 12.8 Å². The van der Waals surface area contributed by atoms with E-state index in [4.69, 9.17) is 9.47 Å². The lowest BCUT2D eigenvalue weighted by Gasteiger charge is -2.13. The van der Waals surface area contributed by atoms with Gasteiger partial charge in [0.15, 0.2) is 6.61 Å². The zero-order chi connectivity index (χ0) is 15.8. The summed E-state index contributed by atoms with van der Waals surface area (Å²) in [6.07, 6.45) is 1.88. The molecular weight excluding hydrogens is 338 g/mol. The van der Waals surface area contributed by atoms with E-state index in [1.807, 2.05) is 13.8 Å². The van der Waals surface area contributed by atoms with Crippen LogP contribution in [0.2, 0.25) is 0 Å². The predicted octanol–water partition coefficient (Wildman–Crippen LogP) is 2.92. The highest BCUT2D eigenvalue weighted by molar-refractivity contribution is 9.10. The van der Waals surface area contributed by atoms with Gasteiger partial charge >= 0.3 is 5.97 Å². The summed E-state index contributed by atoms with van der Waals surface area (Å²) in [5.74, 6) is -0.216. The Morgan fingerprint density at radius 1 is 1.38 bits per heavy atom. The Kier molecular flexibility index (Phi) is 7.22. The Bertz CT molecular complexity index is 504. The lowest BCUT2D eigenvalue weighted by molar-refractivity contribution is -0.124. The van der Waals surface area contributed by atoms with E-state index in [1.54, 1.807) is 25.3 Å². The van der Waals surface area contributed by atoms with Gasteiger partial charge in [-0.25, -0.2) is 4.79 Å². The maximum atomic E-state index is 11.8.